The first-order chi connectivity index (χ1) is 9.99. The average molecular weight is 288 g/mol. The quantitative estimate of drug-likeness (QED) is 0.690. The van der Waals surface area contributed by atoms with Crippen LogP contribution >= 0.6 is 0 Å². The molecule has 0 aliphatic heterocycles. The van der Waals surface area contributed by atoms with Crippen LogP contribution in [-0.2, 0) is 6.18 Å². The highest BCUT2D eigenvalue weighted by Crippen LogP contribution is 2.30. The van der Waals surface area contributed by atoms with E-state index in [1.54, 1.807) is 12.3 Å². The van der Waals surface area contributed by atoms with Gasteiger partial charge in [-0.15, -0.1) is 0 Å². The van der Waals surface area contributed by atoms with Gasteiger partial charge in [-0.25, -0.2) is 9.97 Å². The van der Waals surface area contributed by atoms with E-state index in [9.17, 15) is 13.2 Å². The number of halogens is 3. The van der Waals surface area contributed by atoms with Crippen LogP contribution in [0.25, 0.3) is 16.9 Å². The monoisotopic (exact) mass is 288 g/mol. The fourth-order valence-electron chi connectivity index (χ4n) is 1.98. The minimum Gasteiger partial charge on any atom is -0.275 e. The summed E-state index contributed by atoms with van der Waals surface area (Å²) in [4.78, 5) is 8.20. The van der Waals surface area contributed by atoms with Crippen molar-refractivity contribution in [2.75, 3.05) is 0 Å². The van der Waals surface area contributed by atoms with Crippen LogP contribution < -0.4 is 0 Å². The molecule has 0 N–H and O–H groups in total. The van der Waals surface area contributed by atoms with Gasteiger partial charge in [0.05, 0.1) is 11.3 Å². The van der Waals surface area contributed by atoms with Crippen molar-refractivity contribution >= 4 is 5.65 Å². The molecule has 0 radical (unpaired) electrons. The Morgan fingerprint density at radius 1 is 1.14 bits per heavy atom. The smallest absolute Gasteiger partial charge is 0.275 e. The zero-order valence-corrected chi connectivity index (χ0v) is 10.5. The Labute approximate surface area is 117 Å². The van der Waals surface area contributed by atoms with E-state index >= 15 is 0 Å². The van der Waals surface area contributed by atoms with E-state index in [4.69, 9.17) is 5.26 Å². The molecule has 4 nitrogen and oxygen atoms in total. The minimum absolute atomic E-state index is 0.125. The third kappa shape index (κ3) is 2.31. The van der Waals surface area contributed by atoms with E-state index in [1.807, 2.05) is 6.07 Å². The number of imidazole rings is 1. The number of aromatic nitrogens is 3. The summed E-state index contributed by atoms with van der Waals surface area (Å²) in [7, 11) is 0. The van der Waals surface area contributed by atoms with Gasteiger partial charge in [0.1, 0.15) is 11.7 Å². The van der Waals surface area contributed by atoms with Gasteiger partial charge >= 0.3 is 6.18 Å². The lowest BCUT2D eigenvalue weighted by Crippen LogP contribution is -2.04. The Kier molecular flexibility index (Phi) is 2.87. The highest BCUT2D eigenvalue weighted by molar-refractivity contribution is 5.64. The van der Waals surface area contributed by atoms with E-state index in [-0.39, 0.29) is 5.82 Å². The topological polar surface area (TPSA) is 54.0 Å². The van der Waals surface area contributed by atoms with Gasteiger partial charge in [-0.05, 0) is 12.1 Å². The lowest BCUT2D eigenvalue weighted by molar-refractivity contribution is -0.137. The largest absolute Gasteiger partial charge is 0.416 e. The normalized spacial score (nSPS) is 11.5. The molecule has 0 aliphatic rings. The van der Waals surface area contributed by atoms with Crippen LogP contribution in [0.3, 0.4) is 0 Å². The summed E-state index contributed by atoms with van der Waals surface area (Å²) in [5, 5.41) is 9.07. The van der Waals surface area contributed by atoms with Crippen molar-refractivity contribution in [2.24, 2.45) is 0 Å². The fraction of sp³-hybridized carbons (Fsp3) is 0.0714. The van der Waals surface area contributed by atoms with E-state index in [0.717, 1.165) is 12.1 Å². The highest BCUT2D eigenvalue weighted by atomic mass is 19.4. The van der Waals surface area contributed by atoms with E-state index in [2.05, 4.69) is 9.97 Å². The van der Waals surface area contributed by atoms with Crippen molar-refractivity contribution in [3.05, 3.63) is 54.1 Å². The molecule has 0 saturated carbocycles. The van der Waals surface area contributed by atoms with Gasteiger partial charge in [0.2, 0.25) is 5.82 Å². The molecule has 3 rings (SSSR count). The number of hydrogen-bond donors (Lipinski definition) is 0. The molecule has 2 aromatic heterocycles. The van der Waals surface area contributed by atoms with Crippen molar-refractivity contribution in [1.29, 1.82) is 5.26 Å². The first-order valence-electron chi connectivity index (χ1n) is 5.91. The predicted molar refractivity (Wildman–Crippen MR) is 68.1 cm³/mol. The van der Waals surface area contributed by atoms with Crippen molar-refractivity contribution in [3.63, 3.8) is 0 Å². The van der Waals surface area contributed by atoms with E-state index in [0.29, 0.717) is 16.9 Å². The van der Waals surface area contributed by atoms with Crippen molar-refractivity contribution in [2.45, 2.75) is 6.18 Å². The molecule has 0 spiro atoms. The summed E-state index contributed by atoms with van der Waals surface area (Å²) in [5.74, 6) is 0.125. The number of fused-ring (bicyclic) bond motifs is 1. The molecule has 0 amide bonds. The van der Waals surface area contributed by atoms with Crippen molar-refractivity contribution in [1.82, 2.24) is 14.4 Å². The molecule has 7 heteroatoms. The van der Waals surface area contributed by atoms with Crippen LogP contribution in [0, 0.1) is 11.3 Å². The fourth-order valence-corrected chi connectivity index (χ4v) is 1.98. The third-order valence-corrected chi connectivity index (χ3v) is 3.00. The Balaban J connectivity index is 2.10. The van der Waals surface area contributed by atoms with Gasteiger partial charge in [-0.1, -0.05) is 12.1 Å². The molecule has 0 aliphatic carbocycles. The van der Waals surface area contributed by atoms with Gasteiger partial charge in [-0.3, -0.25) is 4.40 Å². The zero-order chi connectivity index (χ0) is 15.0. The Hall–Kier alpha value is -2.88. The molecule has 0 atom stereocenters. The second-order valence-corrected chi connectivity index (χ2v) is 4.31. The molecule has 0 unspecified atom stereocenters. The summed E-state index contributed by atoms with van der Waals surface area (Å²) in [6, 6.07) is 8.17. The maximum atomic E-state index is 12.5. The molecule has 0 bridgehead atoms. The van der Waals surface area contributed by atoms with Gasteiger partial charge in [0, 0.05) is 24.0 Å². The highest BCUT2D eigenvalue weighted by Gasteiger charge is 2.30. The second kappa shape index (κ2) is 4.59. The minimum atomic E-state index is -4.38. The van der Waals surface area contributed by atoms with Gasteiger partial charge in [0.25, 0.3) is 0 Å². The maximum Gasteiger partial charge on any atom is 0.416 e. The van der Waals surface area contributed by atoms with Crippen molar-refractivity contribution in [3.8, 4) is 17.3 Å². The van der Waals surface area contributed by atoms with E-state index < -0.39 is 11.7 Å². The average Bonchev–Trinajstić information content (AvgIpc) is 2.93. The van der Waals surface area contributed by atoms with Gasteiger partial charge < -0.3 is 0 Å². The standard InChI is InChI=1S/C14H7F3N4/c15-14(16,17)10-3-1-9(2-4-10)11-7-12-19-5-6-21(12)13(8-18)20-11/h1-7H. The molecular weight excluding hydrogens is 281 g/mol. The molecular formula is C14H7F3N4. The van der Waals surface area contributed by atoms with Crippen LogP contribution in [0.5, 0.6) is 0 Å². The number of nitrogens with zero attached hydrogens (tertiary/aromatic N) is 4. The summed E-state index contributed by atoms with van der Waals surface area (Å²) in [5.41, 5.74) is 0.675. The number of benzene rings is 1. The molecule has 0 fully saturated rings. The van der Waals surface area contributed by atoms with Gasteiger partial charge in [0.15, 0.2) is 0 Å². The van der Waals surface area contributed by atoms with E-state index in [1.165, 1.54) is 22.7 Å². The number of hydrogen-bond acceptors (Lipinski definition) is 3. The third-order valence-electron chi connectivity index (χ3n) is 3.00. The maximum absolute atomic E-state index is 12.5. The lowest BCUT2D eigenvalue weighted by Gasteiger charge is -2.08. The Bertz CT molecular complexity index is 841. The molecule has 2 heterocycles. The SMILES string of the molecule is N#Cc1nc(-c2ccc(C(F)(F)F)cc2)cc2nccn12. The first kappa shape index (κ1) is 13.1. The summed E-state index contributed by atoms with van der Waals surface area (Å²) < 4.78 is 39.1. The Morgan fingerprint density at radius 3 is 2.48 bits per heavy atom. The Morgan fingerprint density at radius 2 is 1.86 bits per heavy atom. The molecule has 3 aromatic rings. The number of alkyl halides is 3. The van der Waals surface area contributed by atoms with Crippen LogP contribution in [-0.4, -0.2) is 14.4 Å². The second-order valence-electron chi connectivity index (χ2n) is 4.31. The van der Waals surface area contributed by atoms with Crippen molar-refractivity contribution < 1.29 is 13.2 Å². The lowest BCUT2D eigenvalue weighted by atomic mass is 10.1. The zero-order valence-electron chi connectivity index (χ0n) is 10.5. The van der Waals surface area contributed by atoms with Gasteiger partial charge in [-0.2, -0.15) is 18.4 Å². The summed E-state index contributed by atoms with van der Waals surface area (Å²) >= 11 is 0. The first-order valence-corrected chi connectivity index (χ1v) is 5.91. The number of rotatable bonds is 1. The molecule has 0 saturated heterocycles. The van der Waals surface area contributed by atoms with Crippen LogP contribution in [0.2, 0.25) is 0 Å². The molecule has 21 heavy (non-hydrogen) atoms. The van der Waals surface area contributed by atoms with Crippen LogP contribution in [0.1, 0.15) is 11.4 Å². The number of nitriles is 1. The summed E-state index contributed by atoms with van der Waals surface area (Å²) in [6.07, 6.45) is -1.26. The van der Waals surface area contributed by atoms with Crippen LogP contribution in [0.4, 0.5) is 13.2 Å². The van der Waals surface area contributed by atoms with Crippen LogP contribution in [0.15, 0.2) is 42.7 Å². The summed E-state index contributed by atoms with van der Waals surface area (Å²) in [6.45, 7) is 0. The predicted octanol–water partition coefficient (Wildman–Crippen LogP) is 3.29. The molecule has 104 valence electrons. The molecule has 1 aromatic carbocycles.